The fraction of sp³-hybridized carbons (Fsp3) is 0.211. The van der Waals surface area contributed by atoms with E-state index in [9.17, 15) is 4.79 Å². The molecule has 0 aromatic heterocycles. The van der Waals surface area contributed by atoms with Crippen LogP contribution in [0.3, 0.4) is 0 Å². The normalized spacial score (nSPS) is 18.0. The van der Waals surface area contributed by atoms with Crippen LogP contribution in [0.2, 0.25) is 5.02 Å². The Kier molecular flexibility index (Phi) is 6.29. The molecule has 2 aromatic rings. The van der Waals surface area contributed by atoms with Crippen molar-refractivity contribution in [1.82, 2.24) is 5.32 Å². The van der Waals surface area contributed by atoms with Crippen molar-refractivity contribution in [2.24, 2.45) is 0 Å². The number of methoxy groups -OCH3 is 2. The van der Waals surface area contributed by atoms with Gasteiger partial charge in [-0.3, -0.25) is 10.1 Å². The third-order valence-electron chi connectivity index (χ3n) is 3.91. The summed E-state index contributed by atoms with van der Waals surface area (Å²) in [6, 6.07) is 9.77. The second kappa shape index (κ2) is 8.40. The first kappa shape index (κ1) is 21.7. The third-order valence-corrected chi connectivity index (χ3v) is 4.89. The van der Waals surface area contributed by atoms with Crippen LogP contribution in [0, 0.1) is 0 Å². The van der Waals surface area contributed by atoms with E-state index in [1.165, 1.54) is 26.4 Å². The number of carbonyl (C=O) groups is 1. The average molecular weight is 479 g/mol. The lowest BCUT2D eigenvalue weighted by Gasteiger charge is -2.33. The molecule has 0 radical (unpaired) electrons. The highest BCUT2D eigenvalue weighted by Gasteiger charge is 2.59. The Morgan fingerprint density at radius 1 is 1.03 bits per heavy atom. The van der Waals surface area contributed by atoms with Gasteiger partial charge in [0.25, 0.3) is 3.79 Å². The summed E-state index contributed by atoms with van der Waals surface area (Å²) in [5.41, 5.74) is 0.684. The minimum atomic E-state index is -2.15. The summed E-state index contributed by atoms with van der Waals surface area (Å²) < 4.78 is 19.5. The van der Waals surface area contributed by atoms with Crippen LogP contribution in [0.15, 0.2) is 42.5 Å². The first-order valence-corrected chi connectivity index (χ1v) is 9.65. The lowest BCUT2D eigenvalue weighted by Crippen LogP contribution is -2.63. The topological polar surface area (TPSA) is 66.0 Å². The second-order valence-electron chi connectivity index (χ2n) is 5.85. The largest absolute Gasteiger partial charge is 0.493 e. The number of hydrogen-bond donors (Lipinski definition) is 1. The van der Waals surface area contributed by atoms with Gasteiger partial charge in [0, 0.05) is 17.2 Å². The zero-order valence-corrected chi connectivity index (χ0v) is 18.2. The molecule has 0 saturated heterocycles. The van der Waals surface area contributed by atoms with Crippen LogP contribution in [-0.4, -0.2) is 29.8 Å². The smallest absolute Gasteiger partial charge is 0.388 e. The van der Waals surface area contributed by atoms with E-state index in [0.717, 1.165) is 0 Å². The van der Waals surface area contributed by atoms with Crippen LogP contribution >= 0.6 is 46.4 Å². The summed E-state index contributed by atoms with van der Waals surface area (Å²) in [5.74, 6) is -1.11. The van der Waals surface area contributed by atoms with Crippen molar-refractivity contribution in [3.8, 4) is 23.0 Å². The van der Waals surface area contributed by atoms with E-state index >= 15 is 0 Å². The molecule has 10 heteroatoms. The van der Waals surface area contributed by atoms with Gasteiger partial charge in [-0.15, -0.1) is 0 Å². The fourth-order valence-corrected chi connectivity index (χ4v) is 3.08. The number of hydrogen-bond acceptors (Lipinski definition) is 5. The molecule has 0 fully saturated rings. The van der Waals surface area contributed by atoms with E-state index < -0.39 is 15.6 Å². The number of fused-ring (bicyclic) bond motifs is 1. The number of halogens is 4. The summed E-state index contributed by atoms with van der Waals surface area (Å²) in [5, 5.41) is 2.85. The minimum Gasteiger partial charge on any atom is -0.493 e. The molecular formula is C19H15Cl4NO5. The molecule has 6 nitrogen and oxygen atoms in total. The Morgan fingerprint density at radius 2 is 1.72 bits per heavy atom. The maximum absolute atomic E-state index is 12.5. The summed E-state index contributed by atoms with van der Waals surface area (Å²) in [4.78, 5) is 12.5. The molecule has 154 valence electrons. The van der Waals surface area contributed by atoms with Gasteiger partial charge >= 0.3 is 5.91 Å². The Labute approximate surface area is 187 Å². The van der Waals surface area contributed by atoms with Crippen molar-refractivity contribution in [1.29, 1.82) is 0 Å². The van der Waals surface area contributed by atoms with E-state index in [0.29, 0.717) is 22.1 Å². The van der Waals surface area contributed by atoms with E-state index in [4.69, 9.17) is 65.4 Å². The predicted octanol–water partition coefficient (Wildman–Crippen LogP) is 4.98. The number of nitrogens with one attached hydrogen (secondary N) is 1. The molecule has 1 amide bonds. The van der Waals surface area contributed by atoms with Crippen molar-refractivity contribution >= 4 is 58.4 Å². The predicted molar refractivity (Wildman–Crippen MR) is 112 cm³/mol. The van der Waals surface area contributed by atoms with Gasteiger partial charge in [0.15, 0.2) is 23.0 Å². The van der Waals surface area contributed by atoms with Gasteiger partial charge in [0.05, 0.1) is 14.2 Å². The van der Waals surface area contributed by atoms with Crippen LogP contribution < -0.4 is 24.3 Å². The van der Waals surface area contributed by atoms with Crippen LogP contribution in [0.5, 0.6) is 23.0 Å². The summed E-state index contributed by atoms with van der Waals surface area (Å²) in [6.07, 6.45) is 2.78. The van der Waals surface area contributed by atoms with E-state index in [1.807, 2.05) is 0 Å². The molecule has 0 unspecified atom stereocenters. The third kappa shape index (κ3) is 4.61. The Hall–Kier alpha value is -1.99. The first-order chi connectivity index (χ1) is 13.7. The van der Waals surface area contributed by atoms with Gasteiger partial charge < -0.3 is 18.9 Å². The number of carbonyl (C=O) groups excluding carboxylic acids is 1. The van der Waals surface area contributed by atoms with Gasteiger partial charge in [-0.1, -0.05) is 52.5 Å². The molecule has 29 heavy (non-hydrogen) atoms. The first-order valence-electron chi connectivity index (χ1n) is 8.14. The lowest BCUT2D eigenvalue weighted by atomic mass is 10.2. The second-order valence-corrected chi connectivity index (χ2v) is 8.56. The van der Waals surface area contributed by atoms with Gasteiger partial charge in [-0.05, 0) is 35.9 Å². The van der Waals surface area contributed by atoms with Gasteiger partial charge in [0.1, 0.15) is 0 Å². The zero-order valence-electron chi connectivity index (χ0n) is 15.2. The highest BCUT2D eigenvalue weighted by Crippen LogP contribution is 2.49. The maximum atomic E-state index is 12.5. The van der Waals surface area contributed by atoms with Crippen LogP contribution in [0.25, 0.3) is 6.08 Å². The fourth-order valence-electron chi connectivity index (χ4n) is 2.55. The van der Waals surface area contributed by atoms with E-state index in [2.05, 4.69) is 5.32 Å². The number of rotatable bonds is 5. The summed E-state index contributed by atoms with van der Waals surface area (Å²) in [7, 11) is 3.05. The molecule has 0 bridgehead atoms. The molecule has 1 atom stereocenters. The Balaban J connectivity index is 1.80. The van der Waals surface area contributed by atoms with Gasteiger partial charge in [-0.2, -0.15) is 0 Å². The standard InChI is InChI=1S/C19H15Cl4NO5/c1-26-13-6-3-11(9-15(13)27-2)4-8-17(25)24-19(18(21,22)23)28-14-7-5-12(20)10-16(14)29-19/h3-10H,1-2H3,(H,24,25)/b8-4+/t19-/m0/s1. The lowest BCUT2D eigenvalue weighted by molar-refractivity contribution is -0.140. The molecule has 2 aromatic carbocycles. The molecule has 1 heterocycles. The molecule has 1 aliphatic rings. The Morgan fingerprint density at radius 3 is 2.38 bits per heavy atom. The minimum absolute atomic E-state index is 0.230. The van der Waals surface area contributed by atoms with Crippen molar-refractivity contribution in [2.45, 2.75) is 9.70 Å². The van der Waals surface area contributed by atoms with Crippen molar-refractivity contribution in [2.75, 3.05) is 14.2 Å². The maximum Gasteiger partial charge on any atom is 0.388 e. The monoisotopic (exact) mass is 477 g/mol. The molecule has 1 N–H and O–H groups in total. The average Bonchev–Trinajstić information content (AvgIpc) is 3.04. The zero-order chi connectivity index (χ0) is 21.2. The van der Waals surface area contributed by atoms with Crippen molar-refractivity contribution < 1.29 is 23.7 Å². The van der Waals surface area contributed by atoms with Crippen molar-refractivity contribution in [3.63, 3.8) is 0 Å². The summed E-state index contributed by atoms with van der Waals surface area (Å²) in [6.45, 7) is 0. The van der Waals surface area contributed by atoms with E-state index in [1.54, 1.807) is 36.4 Å². The van der Waals surface area contributed by atoms with Crippen LogP contribution in [-0.2, 0) is 4.79 Å². The summed E-state index contributed by atoms with van der Waals surface area (Å²) >= 11 is 24.1. The molecule has 0 spiro atoms. The van der Waals surface area contributed by atoms with Crippen LogP contribution in [0.1, 0.15) is 5.56 Å². The Bertz CT molecular complexity index is 960. The molecule has 3 rings (SSSR count). The van der Waals surface area contributed by atoms with Gasteiger partial charge in [0.2, 0.25) is 5.91 Å². The highest BCUT2D eigenvalue weighted by molar-refractivity contribution is 6.68. The number of amides is 1. The molecule has 1 aliphatic heterocycles. The highest BCUT2D eigenvalue weighted by atomic mass is 35.6. The molecular weight excluding hydrogens is 464 g/mol. The number of ether oxygens (including phenoxy) is 4. The molecule has 0 aliphatic carbocycles. The van der Waals surface area contributed by atoms with Gasteiger partial charge in [-0.25, -0.2) is 0 Å². The molecule has 0 saturated carbocycles. The SMILES string of the molecule is COc1ccc(/C=C/C(=O)N[C@@]2(C(Cl)(Cl)Cl)Oc3ccc(Cl)cc3O2)cc1OC. The number of alkyl halides is 3. The number of benzene rings is 2. The quantitative estimate of drug-likeness (QED) is 0.484. The van der Waals surface area contributed by atoms with Crippen LogP contribution in [0.4, 0.5) is 0 Å². The van der Waals surface area contributed by atoms with Crippen molar-refractivity contribution in [3.05, 3.63) is 53.1 Å². The van der Waals surface area contributed by atoms with E-state index in [-0.39, 0.29) is 11.5 Å².